The molecule has 540 valence electrons. The fourth-order valence-electron chi connectivity index (χ4n) is 18.6. The van der Waals surface area contributed by atoms with Gasteiger partial charge < -0.3 is 18.9 Å². The van der Waals surface area contributed by atoms with Crippen LogP contribution in [-0.2, 0) is 10.8 Å². The maximum atomic E-state index is 2.46. The molecule has 20 aromatic rings. The molecule has 4 nitrogen and oxygen atoms in total. The standard InChI is InChI=1S/2C55H40N2/c1-55(2)51-21-10-8-18-47(51)49-36-54-50(35-52(49)55)48-19-9-11-22-53(48)57(54)44-31-25-38(26-32-44)37-23-29-42(30-24-37)56(41-15-4-3-5-16-41)43-33-27-40(28-34-43)46-20-12-14-39-13-6-7-17-45(39)46;1-55(2)51-18-10-8-16-47(51)49-36-54-50(35-52(49)55)48-17-9-11-19-53(48)57(54)46-32-24-39(25-33-46)38-22-28-44(29-23-38)56(43-14-4-3-5-15-43)45-30-26-40(27-31-45)42-21-20-37-12-6-7-13-41(37)34-42/h2*3-36H,1-2H3. The van der Waals surface area contributed by atoms with Crippen LogP contribution in [0.4, 0.5) is 34.1 Å². The number of hydrogen-bond donors (Lipinski definition) is 0. The molecule has 2 aliphatic rings. The van der Waals surface area contributed by atoms with Crippen molar-refractivity contribution < 1.29 is 0 Å². The van der Waals surface area contributed by atoms with E-state index >= 15 is 0 Å². The second-order valence-electron chi connectivity index (χ2n) is 31.6. The molecule has 2 aromatic heterocycles. The minimum atomic E-state index is -0.0403. The molecule has 2 aliphatic carbocycles. The van der Waals surface area contributed by atoms with Gasteiger partial charge in [-0.2, -0.15) is 0 Å². The zero-order valence-electron chi connectivity index (χ0n) is 64.0. The highest BCUT2D eigenvalue weighted by molar-refractivity contribution is 6.13. The first-order valence-electron chi connectivity index (χ1n) is 39.7. The van der Waals surface area contributed by atoms with Crippen molar-refractivity contribution in [2.45, 2.75) is 38.5 Å². The van der Waals surface area contributed by atoms with Crippen molar-refractivity contribution in [1.82, 2.24) is 9.13 Å². The van der Waals surface area contributed by atoms with Gasteiger partial charge in [-0.15, -0.1) is 0 Å². The predicted octanol–water partition coefficient (Wildman–Crippen LogP) is 30.1. The number of aromatic nitrogens is 2. The van der Waals surface area contributed by atoms with E-state index < -0.39 is 0 Å². The molecule has 22 rings (SSSR count). The third-order valence-corrected chi connectivity index (χ3v) is 24.4. The summed E-state index contributed by atoms with van der Waals surface area (Å²) in [5.41, 5.74) is 34.5. The summed E-state index contributed by atoms with van der Waals surface area (Å²) < 4.78 is 4.88. The largest absolute Gasteiger partial charge is 0.311 e. The summed E-state index contributed by atoms with van der Waals surface area (Å²) >= 11 is 0. The van der Waals surface area contributed by atoms with E-state index in [1.807, 2.05) is 0 Å². The van der Waals surface area contributed by atoms with Gasteiger partial charge in [0.25, 0.3) is 0 Å². The van der Waals surface area contributed by atoms with Crippen LogP contribution in [0.3, 0.4) is 0 Å². The minimum absolute atomic E-state index is 0.0400. The summed E-state index contributed by atoms with van der Waals surface area (Å²) in [5.74, 6) is 0. The highest BCUT2D eigenvalue weighted by atomic mass is 15.1. The predicted molar refractivity (Wildman–Crippen MR) is 483 cm³/mol. The number of rotatable bonds is 12. The van der Waals surface area contributed by atoms with Crippen LogP contribution in [0.5, 0.6) is 0 Å². The van der Waals surface area contributed by atoms with E-state index in [1.54, 1.807) is 0 Å². The molecule has 4 heteroatoms. The first-order valence-corrected chi connectivity index (χ1v) is 39.7. The highest BCUT2D eigenvalue weighted by Crippen LogP contribution is 2.54. The van der Waals surface area contributed by atoms with Gasteiger partial charge in [0.2, 0.25) is 0 Å². The number of para-hydroxylation sites is 4. The Balaban J connectivity index is 0.000000143. The quantitative estimate of drug-likeness (QED) is 0.121. The Morgan fingerprint density at radius 2 is 0.509 bits per heavy atom. The molecule has 0 bridgehead atoms. The monoisotopic (exact) mass is 1460 g/mol. The molecule has 0 unspecified atom stereocenters. The molecule has 0 fully saturated rings. The molecular formula is C110H80N4. The normalized spacial score (nSPS) is 12.9. The molecule has 0 spiro atoms. The lowest BCUT2D eigenvalue weighted by Crippen LogP contribution is -2.14. The second-order valence-corrected chi connectivity index (χ2v) is 31.6. The Kier molecular flexibility index (Phi) is 16.2. The first kappa shape index (κ1) is 67.8. The molecule has 0 atom stereocenters. The van der Waals surface area contributed by atoms with Gasteiger partial charge in [0.15, 0.2) is 0 Å². The lowest BCUT2D eigenvalue weighted by Gasteiger charge is -2.26. The maximum absolute atomic E-state index is 2.46. The van der Waals surface area contributed by atoms with Crippen molar-refractivity contribution in [3.8, 4) is 78.1 Å². The molecule has 114 heavy (non-hydrogen) atoms. The van der Waals surface area contributed by atoms with E-state index in [0.717, 1.165) is 45.5 Å². The van der Waals surface area contributed by atoms with Gasteiger partial charge in [-0.3, -0.25) is 0 Å². The molecule has 0 N–H and O–H groups in total. The van der Waals surface area contributed by atoms with Gasteiger partial charge in [0, 0.05) is 77.9 Å². The number of benzene rings is 18. The summed E-state index contributed by atoms with van der Waals surface area (Å²) in [5, 5.41) is 10.2. The van der Waals surface area contributed by atoms with Crippen LogP contribution in [0.1, 0.15) is 49.9 Å². The molecule has 0 radical (unpaired) electrons. The van der Waals surface area contributed by atoms with Gasteiger partial charge in [-0.1, -0.05) is 301 Å². The van der Waals surface area contributed by atoms with Gasteiger partial charge >= 0.3 is 0 Å². The average Bonchev–Trinajstić information content (AvgIpc) is 1.56. The average molecular weight is 1460 g/mol. The third-order valence-electron chi connectivity index (χ3n) is 24.4. The number of fused-ring (bicyclic) bond motifs is 14. The van der Waals surface area contributed by atoms with Crippen LogP contribution in [0.15, 0.2) is 413 Å². The fourth-order valence-corrected chi connectivity index (χ4v) is 18.6. The summed E-state index contributed by atoms with van der Waals surface area (Å²) in [6.07, 6.45) is 0. The molecule has 0 saturated heterocycles. The Morgan fingerprint density at radius 3 is 0.965 bits per heavy atom. The van der Waals surface area contributed by atoms with Crippen LogP contribution < -0.4 is 9.80 Å². The Morgan fingerprint density at radius 1 is 0.184 bits per heavy atom. The third kappa shape index (κ3) is 11.4. The summed E-state index contributed by atoms with van der Waals surface area (Å²) in [6.45, 7) is 9.44. The highest BCUT2D eigenvalue weighted by Gasteiger charge is 2.38. The van der Waals surface area contributed by atoms with Crippen LogP contribution in [0.2, 0.25) is 0 Å². The van der Waals surface area contributed by atoms with E-state index in [-0.39, 0.29) is 10.8 Å². The van der Waals surface area contributed by atoms with E-state index in [1.165, 1.54) is 154 Å². The smallest absolute Gasteiger partial charge is 0.0547 e. The molecule has 0 amide bonds. The van der Waals surface area contributed by atoms with E-state index in [4.69, 9.17) is 0 Å². The zero-order chi connectivity index (χ0) is 76.2. The van der Waals surface area contributed by atoms with Gasteiger partial charge in [0.05, 0.1) is 22.1 Å². The van der Waals surface area contributed by atoms with Crippen molar-refractivity contribution in [2.24, 2.45) is 0 Å². The topological polar surface area (TPSA) is 16.3 Å². The summed E-state index contributed by atoms with van der Waals surface area (Å²) in [7, 11) is 0. The lowest BCUT2D eigenvalue weighted by molar-refractivity contribution is 0.661. The first-order chi connectivity index (χ1) is 56.0. The van der Waals surface area contributed by atoms with Crippen LogP contribution in [0, 0.1) is 0 Å². The molecular weight excluding hydrogens is 1380 g/mol. The van der Waals surface area contributed by atoms with Crippen molar-refractivity contribution in [3.05, 3.63) is 435 Å². The van der Waals surface area contributed by atoms with E-state index in [2.05, 4.69) is 459 Å². The van der Waals surface area contributed by atoms with Crippen molar-refractivity contribution in [1.29, 1.82) is 0 Å². The van der Waals surface area contributed by atoms with Crippen LogP contribution >= 0.6 is 0 Å². The number of hydrogen-bond acceptors (Lipinski definition) is 2. The molecule has 18 aromatic carbocycles. The lowest BCUT2D eigenvalue weighted by atomic mass is 9.82. The zero-order valence-corrected chi connectivity index (χ0v) is 64.0. The second kappa shape index (κ2) is 27.3. The Labute approximate surface area is 665 Å². The maximum Gasteiger partial charge on any atom is 0.0547 e. The van der Waals surface area contributed by atoms with Crippen molar-refractivity contribution in [2.75, 3.05) is 9.80 Å². The summed E-state index contributed by atoms with van der Waals surface area (Å²) in [4.78, 5) is 4.66. The Hall–Kier alpha value is -14.3. The van der Waals surface area contributed by atoms with Crippen molar-refractivity contribution in [3.63, 3.8) is 0 Å². The number of anilines is 6. The SMILES string of the molecule is CC1(C)c2ccccc2-c2cc3c(cc21)c1ccccc1n3-c1ccc(-c2ccc(N(c3ccccc3)c3ccc(-c4ccc5ccccc5c4)cc3)cc2)cc1.CC1(C)c2ccccc2-c2cc3c(cc21)c1ccccc1n3-c1ccc(-c2ccc(N(c3ccccc3)c3ccc(-c4cccc5ccccc45)cc3)cc2)cc1. The minimum Gasteiger partial charge on any atom is -0.311 e. The van der Waals surface area contributed by atoms with Crippen LogP contribution in [0.25, 0.3) is 143 Å². The summed E-state index contributed by atoms with van der Waals surface area (Å²) in [6, 6.07) is 151. The van der Waals surface area contributed by atoms with Gasteiger partial charge in [-0.25, -0.2) is 0 Å². The number of nitrogens with zero attached hydrogens (tertiary/aromatic N) is 4. The van der Waals surface area contributed by atoms with Gasteiger partial charge in [-0.05, 0) is 250 Å². The van der Waals surface area contributed by atoms with E-state index in [9.17, 15) is 0 Å². The molecule has 0 saturated carbocycles. The Bertz CT molecular complexity index is 7080. The fraction of sp³-hybridized carbons (Fsp3) is 0.0545. The van der Waals surface area contributed by atoms with Crippen molar-refractivity contribution >= 4 is 99.3 Å². The van der Waals surface area contributed by atoms with E-state index in [0.29, 0.717) is 0 Å². The molecule has 0 aliphatic heterocycles. The molecule has 2 heterocycles. The van der Waals surface area contributed by atoms with Gasteiger partial charge in [0.1, 0.15) is 0 Å². The van der Waals surface area contributed by atoms with Crippen LogP contribution in [-0.4, -0.2) is 9.13 Å².